The topological polar surface area (TPSA) is 44.1 Å². The van der Waals surface area contributed by atoms with E-state index in [9.17, 15) is 4.79 Å². The van der Waals surface area contributed by atoms with Crippen molar-refractivity contribution >= 4 is 5.78 Å². The van der Waals surface area contributed by atoms with Gasteiger partial charge in [-0.15, -0.1) is 0 Å². The molecule has 0 N–H and O–H groups in total. The van der Waals surface area contributed by atoms with Gasteiger partial charge in [0.15, 0.2) is 0 Å². The molecule has 1 aliphatic rings. The number of benzene rings is 1. The highest BCUT2D eigenvalue weighted by molar-refractivity contribution is 6.08. The predicted octanol–water partition coefficient (Wildman–Crippen LogP) is 2.50. The molecule has 0 atom stereocenters. The molecule has 0 aliphatic heterocycles. The number of nitrogens with zero attached hydrogens (tertiary/aromatic N) is 2. The molecular formula is C15H16N2O2. The van der Waals surface area contributed by atoms with Crippen LogP contribution in [-0.2, 0) is 7.05 Å². The largest absolute Gasteiger partial charge is 0.490 e. The van der Waals surface area contributed by atoms with Crippen LogP contribution in [0.4, 0.5) is 0 Å². The Bertz CT molecular complexity index is 627. The Balaban J connectivity index is 1.88. The van der Waals surface area contributed by atoms with E-state index in [1.165, 1.54) is 0 Å². The number of hydrogen-bond donors (Lipinski definition) is 0. The molecule has 3 rings (SSSR count). The number of hydrogen-bond acceptors (Lipinski definition) is 3. The van der Waals surface area contributed by atoms with E-state index in [2.05, 4.69) is 5.10 Å². The van der Waals surface area contributed by atoms with E-state index in [4.69, 9.17) is 4.74 Å². The van der Waals surface area contributed by atoms with Gasteiger partial charge in [0.25, 0.3) is 0 Å². The van der Waals surface area contributed by atoms with Gasteiger partial charge in [0.2, 0.25) is 5.78 Å². The Kier molecular flexibility index (Phi) is 2.85. The quantitative estimate of drug-likeness (QED) is 0.789. The molecule has 0 unspecified atom stereocenters. The molecule has 0 amide bonds. The van der Waals surface area contributed by atoms with Crippen LogP contribution >= 0.6 is 0 Å². The Morgan fingerprint density at radius 1 is 1.37 bits per heavy atom. The molecule has 1 aromatic heterocycles. The molecule has 19 heavy (non-hydrogen) atoms. The van der Waals surface area contributed by atoms with Crippen molar-refractivity contribution in [3.05, 3.63) is 47.3 Å². The van der Waals surface area contributed by atoms with Gasteiger partial charge in [0.1, 0.15) is 11.4 Å². The number of aryl methyl sites for hydroxylation is 2. The summed E-state index contributed by atoms with van der Waals surface area (Å²) in [5, 5.41) is 4.20. The molecule has 4 heteroatoms. The fourth-order valence-electron chi connectivity index (χ4n) is 2.06. The second kappa shape index (κ2) is 4.53. The first kappa shape index (κ1) is 12.0. The highest BCUT2D eigenvalue weighted by Gasteiger charge is 2.24. The molecule has 0 saturated heterocycles. The van der Waals surface area contributed by atoms with Crippen molar-refractivity contribution in [3.63, 3.8) is 0 Å². The average molecular weight is 256 g/mol. The van der Waals surface area contributed by atoms with Gasteiger partial charge in [-0.3, -0.25) is 9.48 Å². The van der Waals surface area contributed by atoms with E-state index in [-0.39, 0.29) is 5.78 Å². The van der Waals surface area contributed by atoms with E-state index < -0.39 is 0 Å². The molecule has 0 bridgehead atoms. The lowest BCUT2D eigenvalue weighted by atomic mass is 10.1. The van der Waals surface area contributed by atoms with Crippen LogP contribution in [0.1, 0.15) is 34.6 Å². The zero-order valence-electron chi connectivity index (χ0n) is 11.1. The second-order valence-corrected chi connectivity index (χ2v) is 4.97. The normalized spacial score (nSPS) is 14.4. The van der Waals surface area contributed by atoms with Crippen LogP contribution in [0.3, 0.4) is 0 Å². The second-order valence-electron chi connectivity index (χ2n) is 4.97. The average Bonchev–Trinajstić information content (AvgIpc) is 3.13. The lowest BCUT2D eigenvalue weighted by Crippen LogP contribution is -2.08. The van der Waals surface area contributed by atoms with E-state index in [0.29, 0.717) is 17.4 Å². The number of aromatic nitrogens is 2. The molecule has 2 aromatic rings. The maximum absolute atomic E-state index is 12.4. The molecule has 0 spiro atoms. The van der Waals surface area contributed by atoms with Gasteiger partial charge < -0.3 is 4.74 Å². The molecule has 1 saturated carbocycles. The van der Waals surface area contributed by atoms with Crippen molar-refractivity contribution in [1.29, 1.82) is 0 Å². The third-order valence-electron chi connectivity index (χ3n) is 3.16. The maximum atomic E-state index is 12.4. The summed E-state index contributed by atoms with van der Waals surface area (Å²) in [7, 11) is 1.78. The van der Waals surface area contributed by atoms with Crippen LogP contribution in [0, 0.1) is 6.92 Å². The van der Waals surface area contributed by atoms with Crippen LogP contribution in [0.25, 0.3) is 0 Å². The van der Waals surface area contributed by atoms with Crippen LogP contribution in [0.15, 0.2) is 30.3 Å². The van der Waals surface area contributed by atoms with E-state index in [0.717, 1.165) is 24.3 Å². The number of ketones is 1. The maximum Gasteiger partial charge on any atom is 0.211 e. The van der Waals surface area contributed by atoms with Crippen molar-refractivity contribution < 1.29 is 9.53 Å². The summed E-state index contributed by atoms with van der Waals surface area (Å²) in [4.78, 5) is 12.4. The summed E-state index contributed by atoms with van der Waals surface area (Å²) in [6.45, 7) is 1.88. The lowest BCUT2D eigenvalue weighted by Gasteiger charge is -2.06. The summed E-state index contributed by atoms with van der Waals surface area (Å²) in [6, 6.07) is 9.17. The molecule has 1 aliphatic carbocycles. The highest BCUT2D eigenvalue weighted by atomic mass is 16.5. The van der Waals surface area contributed by atoms with Gasteiger partial charge in [-0.1, -0.05) is 12.1 Å². The zero-order valence-corrected chi connectivity index (χ0v) is 11.1. The van der Waals surface area contributed by atoms with Gasteiger partial charge in [0, 0.05) is 12.6 Å². The van der Waals surface area contributed by atoms with Gasteiger partial charge in [-0.05, 0) is 38.0 Å². The molecule has 4 nitrogen and oxygen atoms in total. The summed E-state index contributed by atoms with van der Waals surface area (Å²) in [5.41, 5.74) is 2.08. The third kappa shape index (κ3) is 2.52. The van der Waals surface area contributed by atoms with Crippen molar-refractivity contribution in [1.82, 2.24) is 9.78 Å². The first-order valence-corrected chi connectivity index (χ1v) is 6.45. The molecule has 1 fully saturated rings. The standard InChI is InChI=1S/C15H16N2O2/c1-10-8-14(17(2)16-10)15(18)11-4-3-5-13(9-11)19-12-6-7-12/h3-5,8-9,12H,6-7H2,1-2H3. The Labute approximate surface area is 112 Å². The first-order valence-electron chi connectivity index (χ1n) is 6.45. The number of ether oxygens (including phenoxy) is 1. The fourth-order valence-corrected chi connectivity index (χ4v) is 2.06. The minimum absolute atomic E-state index is 0.0238. The van der Waals surface area contributed by atoms with Gasteiger partial charge in [-0.25, -0.2) is 0 Å². The first-order chi connectivity index (χ1) is 9.13. The molecule has 1 heterocycles. The minimum Gasteiger partial charge on any atom is -0.490 e. The predicted molar refractivity (Wildman–Crippen MR) is 71.5 cm³/mol. The highest BCUT2D eigenvalue weighted by Crippen LogP contribution is 2.27. The molecular weight excluding hydrogens is 240 g/mol. The molecule has 0 radical (unpaired) electrons. The monoisotopic (exact) mass is 256 g/mol. The smallest absolute Gasteiger partial charge is 0.211 e. The van der Waals surface area contributed by atoms with Crippen molar-refractivity contribution in [2.24, 2.45) is 7.05 Å². The number of carbonyl (C=O) groups excluding carboxylic acids is 1. The van der Waals surface area contributed by atoms with Crippen molar-refractivity contribution in [2.75, 3.05) is 0 Å². The number of carbonyl (C=O) groups is 1. The SMILES string of the molecule is Cc1cc(C(=O)c2cccc(OC3CC3)c2)n(C)n1. The Hall–Kier alpha value is -2.10. The summed E-state index contributed by atoms with van der Waals surface area (Å²) >= 11 is 0. The van der Waals surface area contributed by atoms with E-state index in [1.807, 2.05) is 31.2 Å². The zero-order chi connectivity index (χ0) is 13.4. The van der Waals surface area contributed by atoms with E-state index >= 15 is 0 Å². The van der Waals surface area contributed by atoms with Crippen LogP contribution in [0.5, 0.6) is 5.75 Å². The summed E-state index contributed by atoms with van der Waals surface area (Å²) in [5.74, 6) is 0.747. The summed E-state index contributed by atoms with van der Waals surface area (Å²) in [6.07, 6.45) is 2.56. The molecule has 1 aromatic carbocycles. The molecule has 98 valence electrons. The Morgan fingerprint density at radius 2 is 2.16 bits per heavy atom. The minimum atomic E-state index is -0.0238. The van der Waals surface area contributed by atoms with Crippen LogP contribution in [-0.4, -0.2) is 21.7 Å². The lowest BCUT2D eigenvalue weighted by molar-refractivity contribution is 0.102. The van der Waals surface area contributed by atoms with Gasteiger partial charge in [-0.2, -0.15) is 5.10 Å². The summed E-state index contributed by atoms with van der Waals surface area (Å²) < 4.78 is 7.33. The Morgan fingerprint density at radius 3 is 2.79 bits per heavy atom. The van der Waals surface area contributed by atoms with Crippen molar-refractivity contribution in [3.8, 4) is 5.75 Å². The fraction of sp³-hybridized carbons (Fsp3) is 0.333. The van der Waals surface area contributed by atoms with Gasteiger partial charge in [0.05, 0.1) is 11.8 Å². The third-order valence-corrected chi connectivity index (χ3v) is 3.16. The van der Waals surface area contributed by atoms with Crippen LogP contribution in [0.2, 0.25) is 0 Å². The number of rotatable bonds is 4. The van der Waals surface area contributed by atoms with Crippen LogP contribution < -0.4 is 4.74 Å². The van der Waals surface area contributed by atoms with Crippen molar-refractivity contribution in [2.45, 2.75) is 25.9 Å². The van der Waals surface area contributed by atoms with E-state index in [1.54, 1.807) is 17.8 Å². The van der Waals surface area contributed by atoms with Gasteiger partial charge >= 0.3 is 0 Å².